The Morgan fingerprint density at radius 3 is 2.62 bits per heavy atom. The lowest BCUT2D eigenvalue weighted by atomic mass is 9.48. The standard InChI is InChI=1S/C30H41N7O2S/c1-40(39)28-21(3-2-8-32-28)16-34-29-35-17-24(14-31)27(37-29)36-18-30-11-20-9-22(12-30)26(23(10-20)13-30)33-15-19-4-6-25(38)7-5-19/h2-3,8,17,19-20,22-23,25-26,33,38H,4-7,9-13,15-16,18H2,1H3,(H2,34,35,36,37)/t19-,20?,22-,23+,25-,26-,30-,40?. The number of nitrogens with one attached hydrogen (secondary N) is 3. The van der Waals surface area contributed by atoms with Gasteiger partial charge in [-0.05, 0) is 106 Å². The molecule has 0 aromatic carbocycles. The van der Waals surface area contributed by atoms with Gasteiger partial charge in [0.2, 0.25) is 11.0 Å². The average molecular weight is 564 g/mol. The summed E-state index contributed by atoms with van der Waals surface area (Å²) in [7, 11) is 0. The van der Waals surface area contributed by atoms with Gasteiger partial charge in [-0.3, -0.25) is 0 Å². The van der Waals surface area contributed by atoms with Gasteiger partial charge in [0.15, 0.2) is 0 Å². The van der Waals surface area contributed by atoms with E-state index >= 15 is 0 Å². The molecule has 40 heavy (non-hydrogen) atoms. The molecule has 2 aromatic heterocycles. The third kappa shape index (κ3) is 5.94. The van der Waals surface area contributed by atoms with Crippen molar-refractivity contribution in [3.63, 3.8) is 0 Å². The Hall–Kier alpha value is -2.45. The summed E-state index contributed by atoms with van der Waals surface area (Å²) in [5.74, 6) is 3.96. The molecule has 5 aliphatic rings. The van der Waals surface area contributed by atoms with Gasteiger partial charge in [0.05, 0.1) is 12.3 Å². The van der Waals surface area contributed by atoms with Crippen molar-refractivity contribution < 1.29 is 9.66 Å². The lowest BCUT2D eigenvalue weighted by Crippen LogP contribution is -2.60. The van der Waals surface area contributed by atoms with Crippen LogP contribution in [0.25, 0.3) is 0 Å². The van der Waals surface area contributed by atoms with Gasteiger partial charge in [0, 0.05) is 42.1 Å². The Bertz CT molecular complexity index is 1210. The molecule has 214 valence electrons. The Balaban J connectivity index is 1.08. The maximum atomic E-state index is 12.0. The highest BCUT2D eigenvalue weighted by molar-refractivity contribution is 7.90. The van der Waals surface area contributed by atoms with Crippen molar-refractivity contribution in [3.8, 4) is 6.07 Å². The van der Waals surface area contributed by atoms with Crippen molar-refractivity contribution >= 4 is 22.9 Å². The molecule has 10 heteroatoms. The maximum absolute atomic E-state index is 12.0. The third-order valence-electron chi connectivity index (χ3n) is 9.96. The van der Waals surface area contributed by atoms with Gasteiger partial charge in [-0.15, -0.1) is 0 Å². The molecule has 5 fully saturated rings. The zero-order valence-corrected chi connectivity index (χ0v) is 24.1. The van der Waals surface area contributed by atoms with E-state index < -0.39 is 11.2 Å². The molecule has 0 saturated heterocycles. The zero-order chi connectivity index (χ0) is 27.7. The fourth-order valence-electron chi connectivity index (χ4n) is 8.34. The van der Waals surface area contributed by atoms with Gasteiger partial charge in [0.25, 0.3) is 0 Å². The number of aliphatic hydroxyl groups is 1. The molecule has 9 nitrogen and oxygen atoms in total. The summed E-state index contributed by atoms with van der Waals surface area (Å²) in [4.78, 5) is 13.3. The number of anilines is 2. The van der Waals surface area contributed by atoms with E-state index in [0.717, 1.165) is 62.1 Å². The van der Waals surface area contributed by atoms with Crippen LogP contribution < -0.4 is 16.0 Å². The minimum absolute atomic E-state index is 0.0879. The van der Waals surface area contributed by atoms with E-state index in [1.807, 2.05) is 12.1 Å². The lowest BCUT2D eigenvalue weighted by Gasteiger charge is -2.60. The highest BCUT2D eigenvalue weighted by Crippen LogP contribution is 2.60. The van der Waals surface area contributed by atoms with E-state index in [4.69, 9.17) is 0 Å². The van der Waals surface area contributed by atoms with Crippen LogP contribution in [-0.2, 0) is 17.7 Å². The fourth-order valence-corrected chi connectivity index (χ4v) is 9.06. The summed E-state index contributed by atoms with van der Waals surface area (Å²) < 4.78 is 12.0. The summed E-state index contributed by atoms with van der Waals surface area (Å²) in [6, 6.07) is 6.59. The maximum Gasteiger partial charge on any atom is 0.249 e. The highest BCUT2D eigenvalue weighted by Gasteiger charge is 2.55. The molecule has 2 heterocycles. The van der Waals surface area contributed by atoms with Crippen molar-refractivity contribution in [2.75, 3.05) is 30.0 Å². The number of hydrogen-bond acceptors (Lipinski definition) is 9. The average Bonchev–Trinajstić information content (AvgIpc) is 2.95. The predicted molar refractivity (Wildman–Crippen MR) is 155 cm³/mol. The molecule has 2 unspecified atom stereocenters. The van der Waals surface area contributed by atoms with Gasteiger partial charge < -0.3 is 25.6 Å². The van der Waals surface area contributed by atoms with Crippen LogP contribution in [0.3, 0.4) is 0 Å². The first-order chi connectivity index (χ1) is 19.4. The van der Waals surface area contributed by atoms with Crippen molar-refractivity contribution in [2.24, 2.45) is 29.1 Å². The van der Waals surface area contributed by atoms with Crippen LogP contribution >= 0.6 is 0 Å². The highest BCUT2D eigenvalue weighted by atomic mass is 32.2. The van der Waals surface area contributed by atoms with Crippen LogP contribution in [0.2, 0.25) is 0 Å². The van der Waals surface area contributed by atoms with E-state index in [2.05, 4.69) is 37.0 Å². The van der Waals surface area contributed by atoms with Gasteiger partial charge in [-0.2, -0.15) is 10.2 Å². The van der Waals surface area contributed by atoms with Crippen LogP contribution in [0.15, 0.2) is 29.6 Å². The van der Waals surface area contributed by atoms with Gasteiger partial charge in [-0.25, -0.2) is 9.97 Å². The first-order valence-corrected chi connectivity index (χ1v) is 16.4. The summed E-state index contributed by atoms with van der Waals surface area (Å²) in [6.07, 6.45) is 15.3. The quantitative estimate of drug-likeness (QED) is 0.317. The van der Waals surface area contributed by atoms with E-state index in [0.29, 0.717) is 40.9 Å². The monoisotopic (exact) mass is 563 g/mol. The molecule has 0 aliphatic heterocycles. The second kappa shape index (κ2) is 11.8. The largest absolute Gasteiger partial charge is 0.610 e. The van der Waals surface area contributed by atoms with E-state index in [1.54, 1.807) is 18.6 Å². The summed E-state index contributed by atoms with van der Waals surface area (Å²) >= 11 is -1.18. The number of nitriles is 1. The van der Waals surface area contributed by atoms with Crippen LogP contribution in [-0.4, -0.2) is 56.1 Å². The molecule has 7 rings (SSSR count). The van der Waals surface area contributed by atoms with Gasteiger partial charge >= 0.3 is 0 Å². The molecule has 5 saturated carbocycles. The van der Waals surface area contributed by atoms with Crippen molar-refractivity contribution in [1.82, 2.24) is 20.3 Å². The Morgan fingerprint density at radius 2 is 1.90 bits per heavy atom. The molecule has 4 N–H and O–H groups in total. The molecular formula is C30H41N7O2S. The van der Waals surface area contributed by atoms with E-state index in [9.17, 15) is 14.9 Å². The molecule has 0 amide bonds. The summed E-state index contributed by atoms with van der Waals surface area (Å²) in [6.45, 7) is 2.33. The second-order valence-corrected chi connectivity index (χ2v) is 14.1. The molecular weight excluding hydrogens is 522 g/mol. The number of nitrogens with zero attached hydrogens (tertiary/aromatic N) is 4. The fraction of sp³-hybridized carbons (Fsp3) is 0.667. The molecule has 6 atom stereocenters. The summed E-state index contributed by atoms with van der Waals surface area (Å²) in [5.41, 5.74) is 1.54. The molecule has 0 radical (unpaired) electrons. The van der Waals surface area contributed by atoms with Crippen LogP contribution in [0, 0.1) is 40.4 Å². The lowest BCUT2D eigenvalue weighted by molar-refractivity contribution is -0.0705. The zero-order valence-electron chi connectivity index (χ0n) is 23.3. The van der Waals surface area contributed by atoms with Crippen molar-refractivity contribution in [1.29, 1.82) is 5.26 Å². The number of hydrogen-bond donors (Lipinski definition) is 4. The number of rotatable bonds is 10. The number of aromatic nitrogens is 3. The normalized spacial score (nSPS) is 33.4. The SMILES string of the molecule is C[S+]([O-])c1ncccc1CNc1ncc(C#N)c(NC[C@]23CC4C[C@H](C2)[C@@H](NC[C@H]2CC[C@H](O)CC2)[C@@H](C4)C3)n1. The Morgan fingerprint density at radius 1 is 1.12 bits per heavy atom. The minimum atomic E-state index is -1.18. The number of aliphatic hydroxyl groups excluding tert-OH is 1. The first-order valence-electron chi connectivity index (χ1n) is 14.8. The molecule has 0 spiro atoms. The second-order valence-electron chi connectivity index (χ2n) is 12.8. The first kappa shape index (κ1) is 27.7. The smallest absolute Gasteiger partial charge is 0.249 e. The summed E-state index contributed by atoms with van der Waals surface area (Å²) in [5, 5.41) is 30.9. The Kier molecular flexibility index (Phi) is 8.18. The van der Waals surface area contributed by atoms with Gasteiger partial charge in [0.1, 0.15) is 23.7 Å². The minimum Gasteiger partial charge on any atom is -0.610 e. The van der Waals surface area contributed by atoms with Gasteiger partial charge in [-0.1, -0.05) is 0 Å². The third-order valence-corrected chi connectivity index (χ3v) is 10.9. The van der Waals surface area contributed by atoms with E-state index in [1.165, 1.54) is 32.1 Å². The van der Waals surface area contributed by atoms with Crippen LogP contribution in [0.5, 0.6) is 0 Å². The van der Waals surface area contributed by atoms with Crippen molar-refractivity contribution in [3.05, 3.63) is 35.7 Å². The molecule has 4 bridgehead atoms. The number of pyridine rings is 1. The molecule has 2 aromatic rings. The molecule has 5 aliphatic carbocycles. The Labute approximate surface area is 240 Å². The van der Waals surface area contributed by atoms with E-state index in [-0.39, 0.29) is 11.5 Å². The predicted octanol–water partition coefficient (Wildman–Crippen LogP) is 3.84. The van der Waals surface area contributed by atoms with Crippen molar-refractivity contribution in [2.45, 2.75) is 81.5 Å². The van der Waals surface area contributed by atoms with Crippen LogP contribution in [0.4, 0.5) is 11.8 Å². The topological polar surface area (TPSA) is 142 Å². The van der Waals surface area contributed by atoms with Crippen LogP contribution in [0.1, 0.15) is 68.9 Å².